The first-order valence-corrected chi connectivity index (χ1v) is 7.41. The molecule has 2 heterocycles. The second-order valence-corrected chi connectivity index (χ2v) is 6.26. The highest BCUT2D eigenvalue weighted by atomic mass is 79.9. The number of rotatable bonds is 2. The van der Waals surface area contributed by atoms with Crippen molar-refractivity contribution >= 4 is 48.5 Å². The van der Waals surface area contributed by atoms with Gasteiger partial charge in [-0.1, -0.05) is 27.3 Å². The van der Waals surface area contributed by atoms with Crippen LogP contribution in [-0.4, -0.2) is 23.5 Å². The number of halogens is 1. The molecule has 1 aromatic carbocycles. The van der Waals surface area contributed by atoms with Gasteiger partial charge >= 0.3 is 0 Å². The van der Waals surface area contributed by atoms with Crippen molar-refractivity contribution in [3.05, 3.63) is 22.7 Å². The molecule has 0 saturated carbocycles. The van der Waals surface area contributed by atoms with Crippen LogP contribution in [0.4, 0.5) is 5.13 Å². The largest absolute Gasteiger partial charge is 0.357 e. The quantitative estimate of drug-likeness (QED) is 0.892. The highest BCUT2D eigenvalue weighted by Gasteiger charge is 2.18. The maximum absolute atomic E-state index is 11.1. The van der Waals surface area contributed by atoms with Gasteiger partial charge < -0.3 is 10.6 Å². The van der Waals surface area contributed by atoms with Crippen LogP contribution in [0, 0.1) is 0 Å². The van der Waals surface area contributed by atoms with Crippen molar-refractivity contribution in [2.24, 2.45) is 0 Å². The number of fused-ring (bicyclic) bond motifs is 1. The van der Waals surface area contributed by atoms with Crippen molar-refractivity contribution in [3.8, 4) is 0 Å². The SMILES string of the molecule is O=C1CCC(Nc2nc3ccc(Br)cc3s2)CN1. The molecule has 0 radical (unpaired) electrons. The maximum atomic E-state index is 11.1. The summed E-state index contributed by atoms with van der Waals surface area (Å²) in [5.74, 6) is 0.140. The fraction of sp³-hybridized carbons (Fsp3) is 0.333. The first-order chi connectivity index (χ1) is 8.70. The average Bonchev–Trinajstić information content (AvgIpc) is 2.73. The Kier molecular flexibility index (Phi) is 3.22. The molecule has 0 bridgehead atoms. The zero-order valence-electron chi connectivity index (χ0n) is 9.57. The monoisotopic (exact) mass is 325 g/mol. The summed E-state index contributed by atoms with van der Waals surface area (Å²) in [6, 6.07) is 6.35. The number of hydrogen-bond donors (Lipinski definition) is 2. The van der Waals surface area contributed by atoms with Gasteiger partial charge in [-0.2, -0.15) is 0 Å². The minimum atomic E-state index is 0.140. The predicted octanol–water partition coefficient (Wildman–Crippen LogP) is 2.75. The Morgan fingerprint density at radius 2 is 2.39 bits per heavy atom. The summed E-state index contributed by atoms with van der Waals surface area (Å²) in [5, 5.41) is 7.17. The van der Waals surface area contributed by atoms with Crippen LogP contribution in [0.2, 0.25) is 0 Å². The number of amides is 1. The van der Waals surface area contributed by atoms with E-state index in [2.05, 4.69) is 37.6 Å². The minimum Gasteiger partial charge on any atom is -0.357 e. The molecule has 6 heteroatoms. The molecule has 4 nitrogen and oxygen atoms in total. The van der Waals surface area contributed by atoms with E-state index in [0.717, 1.165) is 26.2 Å². The first-order valence-electron chi connectivity index (χ1n) is 5.80. The van der Waals surface area contributed by atoms with E-state index in [1.165, 1.54) is 0 Å². The third kappa shape index (κ3) is 2.49. The lowest BCUT2D eigenvalue weighted by molar-refractivity contribution is -0.122. The number of nitrogens with one attached hydrogen (secondary N) is 2. The van der Waals surface area contributed by atoms with Crippen molar-refractivity contribution in [2.75, 3.05) is 11.9 Å². The Morgan fingerprint density at radius 3 is 3.17 bits per heavy atom. The lowest BCUT2D eigenvalue weighted by Gasteiger charge is -2.22. The number of benzene rings is 1. The molecule has 1 aromatic heterocycles. The van der Waals surface area contributed by atoms with Crippen molar-refractivity contribution < 1.29 is 4.79 Å². The van der Waals surface area contributed by atoms with E-state index in [1.807, 2.05) is 12.1 Å². The average molecular weight is 326 g/mol. The second-order valence-electron chi connectivity index (χ2n) is 4.32. The molecule has 0 aliphatic carbocycles. The minimum absolute atomic E-state index is 0.140. The molecule has 1 saturated heterocycles. The summed E-state index contributed by atoms with van der Waals surface area (Å²) < 4.78 is 2.22. The van der Waals surface area contributed by atoms with Crippen LogP contribution in [-0.2, 0) is 4.79 Å². The molecule has 1 atom stereocenters. The third-order valence-electron chi connectivity index (χ3n) is 2.94. The molecule has 0 spiro atoms. The maximum Gasteiger partial charge on any atom is 0.220 e. The first kappa shape index (κ1) is 11.9. The molecule has 18 heavy (non-hydrogen) atoms. The van der Waals surface area contributed by atoms with Gasteiger partial charge in [0.1, 0.15) is 0 Å². The van der Waals surface area contributed by atoms with Crippen LogP contribution < -0.4 is 10.6 Å². The van der Waals surface area contributed by atoms with Gasteiger partial charge in [0.05, 0.1) is 10.2 Å². The highest BCUT2D eigenvalue weighted by Crippen LogP contribution is 2.29. The van der Waals surface area contributed by atoms with Crippen LogP contribution in [0.5, 0.6) is 0 Å². The van der Waals surface area contributed by atoms with E-state index in [4.69, 9.17) is 0 Å². The summed E-state index contributed by atoms with van der Waals surface area (Å²) in [6.07, 6.45) is 1.46. The molecule has 2 aromatic rings. The van der Waals surface area contributed by atoms with Crippen LogP contribution in [0.25, 0.3) is 10.2 Å². The molecular weight excluding hydrogens is 314 g/mol. The smallest absolute Gasteiger partial charge is 0.220 e. The Labute approximate surface area is 117 Å². The number of piperidine rings is 1. The van der Waals surface area contributed by atoms with E-state index in [1.54, 1.807) is 11.3 Å². The second kappa shape index (κ2) is 4.85. The van der Waals surface area contributed by atoms with Gasteiger partial charge in [0.15, 0.2) is 5.13 Å². The van der Waals surface area contributed by atoms with E-state index in [9.17, 15) is 4.79 Å². The number of carbonyl (C=O) groups excluding carboxylic acids is 1. The molecule has 2 N–H and O–H groups in total. The lowest BCUT2D eigenvalue weighted by atomic mass is 10.1. The summed E-state index contributed by atoms with van der Waals surface area (Å²) in [6.45, 7) is 0.679. The molecular formula is C12H12BrN3OS. The van der Waals surface area contributed by atoms with Crippen molar-refractivity contribution in [1.29, 1.82) is 0 Å². The van der Waals surface area contributed by atoms with Crippen LogP contribution in [0.15, 0.2) is 22.7 Å². The van der Waals surface area contributed by atoms with E-state index < -0.39 is 0 Å². The number of nitrogens with zero attached hydrogens (tertiary/aromatic N) is 1. The van der Waals surface area contributed by atoms with Gasteiger partial charge in [-0.05, 0) is 24.6 Å². The number of thiazole rings is 1. The Morgan fingerprint density at radius 1 is 1.50 bits per heavy atom. The molecule has 1 aliphatic heterocycles. The summed E-state index contributed by atoms with van der Waals surface area (Å²) in [4.78, 5) is 15.6. The number of carbonyl (C=O) groups is 1. The third-order valence-corrected chi connectivity index (χ3v) is 4.39. The molecule has 1 amide bonds. The van der Waals surface area contributed by atoms with Crippen molar-refractivity contribution in [1.82, 2.24) is 10.3 Å². The number of aromatic nitrogens is 1. The molecule has 1 aliphatic rings. The topological polar surface area (TPSA) is 54.0 Å². The predicted molar refractivity (Wildman–Crippen MR) is 77.0 cm³/mol. The van der Waals surface area contributed by atoms with Gasteiger partial charge in [0.2, 0.25) is 5.91 Å². The lowest BCUT2D eigenvalue weighted by Crippen LogP contribution is -2.41. The summed E-state index contributed by atoms with van der Waals surface area (Å²) >= 11 is 5.10. The van der Waals surface area contributed by atoms with Crippen LogP contribution in [0.3, 0.4) is 0 Å². The Hall–Kier alpha value is -1.14. The van der Waals surface area contributed by atoms with E-state index in [0.29, 0.717) is 13.0 Å². The molecule has 1 fully saturated rings. The zero-order valence-corrected chi connectivity index (χ0v) is 12.0. The highest BCUT2D eigenvalue weighted by molar-refractivity contribution is 9.10. The van der Waals surface area contributed by atoms with Crippen LogP contribution >= 0.6 is 27.3 Å². The van der Waals surface area contributed by atoms with E-state index in [-0.39, 0.29) is 11.9 Å². The standard InChI is InChI=1S/C12H12BrN3OS/c13-7-1-3-9-10(5-7)18-12(16-9)15-8-2-4-11(17)14-6-8/h1,3,5,8H,2,4,6H2,(H,14,17)(H,15,16). The number of anilines is 1. The molecule has 1 unspecified atom stereocenters. The van der Waals surface area contributed by atoms with Gasteiger partial charge in [0.25, 0.3) is 0 Å². The van der Waals surface area contributed by atoms with Gasteiger partial charge in [-0.15, -0.1) is 0 Å². The van der Waals surface area contributed by atoms with Gasteiger partial charge in [0, 0.05) is 23.5 Å². The van der Waals surface area contributed by atoms with Crippen LogP contribution in [0.1, 0.15) is 12.8 Å². The Balaban J connectivity index is 1.76. The van der Waals surface area contributed by atoms with Gasteiger partial charge in [-0.25, -0.2) is 4.98 Å². The Bertz CT molecular complexity index is 588. The fourth-order valence-electron chi connectivity index (χ4n) is 1.99. The van der Waals surface area contributed by atoms with Crippen molar-refractivity contribution in [2.45, 2.75) is 18.9 Å². The normalized spacial score (nSPS) is 19.8. The fourth-order valence-corrected chi connectivity index (χ4v) is 3.49. The number of hydrogen-bond acceptors (Lipinski definition) is 4. The zero-order chi connectivity index (χ0) is 12.5. The van der Waals surface area contributed by atoms with Crippen molar-refractivity contribution in [3.63, 3.8) is 0 Å². The summed E-state index contributed by atoms with van der Waals surface area (Å²) in [5.41, 5.74) is 1.01. The molecule has 94 valence electrons. The summed E-state index contributed by atoms with van der Waals surface area (Å²) in [7, 11) is 0. The van der Waals surface area contributed by atoms with Gasteiger partial charge in [-0.3, -0.25) is 4.79 Å². The molecule has 3 rings (SSSR count). The van der Waals surface area contributed by atoms with E-state index >= 15 is 0 Å².